The van der Waals surface area contributed by atoms with E-state index < -0.39 is 23.1 Å². The maximum absolute atomic E-state index is 13.5. The topological polar surface area (TPSA) is 69.6 Å². The third kappa shape index (κ3) is 1.09. The van der Waals surface area contributed by atoms with Gasteiger partial charge in [0, 0.05) is 23.9 Å². The van der Waals surface area contributed by atoms with Crippen molar-refractivity contribution in [3.8, 4) is 5.75 Å². The lowest BCUT2D eigenvalue weighted by atomic mass is 10.1. The Bertz CT molecular complexity index is 417. The lowest BCUT2D eigenvalue weighted by Gasteiger charge is -2.06. The van der Waals surface area contributed by atoms with E-state index in [-0.39, 0.29) is 0 Å². The van der Waals surface area contributed by atoms with Crippen molar-refractivity contribution in [3.05, 3.63) is 23.0 Å². The van der Waals surface area contributed by atoms with Crippen molar-refractivity contribution in [2.75, 3.05) is 11.9 Å². The SMILES string of the molecule is O=C(O)c1c(O)cc2c(c1F)CCN2. The largest absolute Gasteiger partial charge is 0.507 e. The number of nitrogens with one attached hydrogen (secondary N) is 1. The third-order valence-corrected chi connectivity index (χ3v) is 2.25. The Hall–Kier alpha value is -1.78. The van der Waals surface area contributed by atoms with Gasteiger partial charge < -0.3 is 15.5 Å². The molecular formula is C9H8FNO3. The van der Waals surface area contributed by atoms with E-state index in [1.54, 1.807) is 0 Å². The number of aromatic carboxylic acids is 1. The Kier molecular flexibility index (Phi) is 1.80. The summed E-state index contributed by atoms with van der Waals surface area (Å²) >= 11 is 0. The quantitative estimate of drug-likeness (QED) is 0.632. The van der Waals surface area contributed by atoms with Crippen molar-refractivity contribution in [1.29, 1.82) is 0 Å². The zero-order valence-electron chi connectivity index (χ0n) is 7.17. The average Bonchev–Trinajstić information content (AvgIpc) is 2.50. The number of anilines is 1. The van der Waals surface area contributed by atoms with E-state index in [0.717, 1.165) is 0 Å². The molecule has 0 aromatic heterocycles. The van der Waals surface area contributed by atoms with Crippen LogP contribution in [0.2, 0.25) is 0 Å². The van der Waals surface area contributed by atoms with Gasteiger partial charge in [0.15, 0.2) is 0 Å². The molecule has 0 atom stereocenters. The van der Waals surface area contributed by atoms with Crippen molar-refractivity contribution >= 4 is 11.7 Å². The number of hydrogen-bond donors (Lipinski definition) is 3. The molecule has 5 heteroatoms. The predicted octanol–water partition coefficient (Wildman–Crippen LogP) is 1.20. The Morgan fingerprint density at radius 3 is 2.93 bits per heavy atom. The summed E-state index contributed by atoms with van der Waals surface area (Å²) in [5.41, 5.74) is 0.164. The van der Waals surface area contributed by atoms with Gasteiger partial charge in [-0.25, -0.2) is 9.18 Å². The van der Waals surface area contributed by atoms with Crippen LogP contribution in [-0.2, 0) is 6.42 Å². The first-order valence-corrected chi connectivity index (χ1v) is 4.12. The standard InChI is InChI=1S/C9H8FNO3/c10-8-4-1-2-11-5(4)3-6(12)7(8)9(13)14/h3,11-12H,1-2H2,(H,13,14). The van der Waals surface area contributed by atoms with Crippen LogP contribution in [0.1, 0.15) is 15.9 Å². The van der Waals surface area contributed by atoms with Crippen LogP contribution in [0.3, 0.4) is 0 Å². The van der Waals surface area contributed by atoms with Crippen molar-refractivity contribution < 1.29 is 19.4 Å². The van der Waals surface area contributed by atoms with Gasteiger partial charge in [0.1, 0.15) is 17.1 Å². The normalized spacial score (nSPS) is 13.5. The molecule has 74 valence electrons. The highest BCUT2D eigenvalue weighted by molar-refractivity contribution is 5.92. The Balaban J connectivity index is 2.68. The van der Waals surface area contributed by atoms with Crippen LogP contribution in [0.25, 0.3) is 0 Å². The maximum atomic E-state index is 13.5. The minimum atomic E-state index is -1.45. The molecule has 1 heterocycles. The highest BCUT2D eigenvalue weighted by Crippen LogP contribution is 2.33. The summed E-state index contributed by atoms with van der Waals surface area (Å²) < 4.78 is 13.5. The number of aromatic hydroxyl groups is 1. The molecule has 1 aromatic rings. The molecule has 1 aliphatic rings. The first kappa shape index (κ1) is 8.80. The van der Waals surface area contributed by atoms with E-state index in [0.29, 0.717) is 24.2 Å². The fourth-order valence-corrected chi connectivity index (χ4v) is 1.61. The highest BCUT2D eigenvalue weighted by atomic mass is 19.1. The van der Waals surface area contributed by atoms with Gasteiger partial charge in [0.25, 0.3) is 0 Å². The highest BCUT2D eigenvalue weighted by Gasteiger charge is 2.24. The molecule has 14 heavy (non-hydrogen) atoms. The first-order chi connectivity index (χ1) is 6.61. The first-order valence-electron chi connectivity index (χ1n) is 4.12. The smallest absolute Gasteiger partial charge is 0.342 e. The second kappa shape index (κ2) is 2.87. The minimum absolute atomic E-state index is 0.334. The van der Waals surface area contributed by atoms with E-state index in [1.807, 2.05) is 0 Å². The number of benzene rings is 1. The number of rotatable bonds is 1. The summed E-state index contributed by atoms with van der Waals surface area (Å²) in [5.74, 6) is -2.82. The molecule has 2 rings (SSSR count). The fourth-order valence-electron chi connectivity index (χ4n) is 1.61. The number of phenols is 1. The molecule has 3 N–H and O–H groups in total. The Morgan fingerprint density at radius 2 is 2.29 bits per heavy atom. The minimum Gasteiger partial charge on any atom is -0.507 e. The average molecular weight is 197 g/mol. The number of carboxylic acid groups (broad SMARTS) is 1. The van der Waals surface area contributed by atoms with Crippen molar-refractivity contribution in [1.82, 2.24) is 0 Å². The maximum Gasteiger partial charge on any atom is 0.342 e. The second-order valence-electron chi connectivity index (χ2n) is 3.09. The summed E-state index contributed by atoms with van der Waals surface area (Å²) in [4.78, 5) is 10.6. The Morgan fingerprint density at radius 1 is 1.57 bits per heavy atom. The molecule has 0 aliphatic carbocycles. The van der Waals surface area contributed by atoms with Crippen molar-refractivity contribution in [2.45, 2.75) is 6.42 Å². The van der Waals surface area contributed by atoms with Crippen LogP contribution >= 0.6 is 0 Å². The van der Waals surface area contributed by atoms with Gasteiger partial charge in [-0.1, -0.05) is 0 Å². The zero-order chi connectivity index (χ0) is 10.3. The van der Waals surface area contributed by atoms with E-state index in [2.05, 4.69) is 5.32 Å². The molecule has 0 radical (unpaired) electrons. The second-order valence-corrected chi connectivity index (χ2v) is 3.09. The van der Waals surface area contributed by atoms with Crippen LogP contribution in [-0.4, -0.2) is 22.7 Å². The molecule has 0 fully saturated rings. The lowest BCUT2D eigenvalue weighted by molar-refractivity contribution is 0.0688. The van der Waals surface area contributed by atoms with Crippen LogP contribution in [0.4, 0.5) is 10.1 Å². The molecular weight excluding hydrogens is 189 g/mol. The number of fused-ring (bicyclic) bond motifs is 1. The summed E-state index contributed by atoms with van der Waals surface area (Å²) in [6.07, 6.45) is 0.446. The molecule has 0 amide bonds. The zero-order valence-corrected chi connectivity index (χ0v) is 7.17. The molecule has 4 nitrogen and oxygen atoms in total. The third-order valence-electron chi connectivity index (χ3n) is 2.25. The molecule has 1 aromatic carbocycles. The van der Waals surface area contributed by atoms with E-state index in [1.165, 1.54) is 6.07 Å². The van der Waals surface area contributed by atoms with Gasteiger partial charge in [0.05, 0.1) is 0 Å². The summed E-state index contributed by atoms with van der Waals surface area (Å²) in [6.45, 7) is 0.564. The monoisotopic (exact) mass is 197 g/mol. The summed E-state index contributed by atoms with van der Waals surface area (Å²) in [7, 11) is 0. The number of carboxylic acids is 1. The van der Waals surface area contributed by atoms with Gasteiger partial charge in [-0.2, -0.15) is 0 Å². The predicted molar refractivity (Wildman–Crippen MR) is 47.2 cm³/mol. The molecule has 0 bridgehead atoms. The van der Waals surface area contributed by atoms with Crippen LogP contribution in [0.5, 0.6) is 5.75 Å². The van der Waals surface area contributed by atoms with Crippen molar-refractivity contribution in [3.63, 3.8) is 0 Å². The molecule has 0 saturated heterocycles. The summed E-state index contributed by atoms with van der Waals surface area (Å²) in [5, 5.41) is 20.8. The van der Waals surface area contributed by atoms with Crippen LogP contribution in [0.15, 0.2) is 6.07 Å². The fraction of sp³-hybridized carbons (Fsp3) is 0.222. The molecule has 1 aliphatic heterocycles. The number of carbonyl (C=O) groups is 1. The number of hydrogen-bond acceptors (Lipinski definition) is 3. The number of halogens is 1. The molecule has 0 saturated carbocycles. The molecule has 0 spiro atoms. The molecule has 0 unspecified atom stereocenters. The van der Waals surface area contributed by atoms with Gasteiger partial charge in [-0.15, -0.1) is 0 Å². The van der Waals surface area contributed by atoms with E-state index in [4.69, 9.17) is 5.11 Å². The Labute approximate surface area is 79.0 Å². The van der Waals surface area contributed by atoms with Gasteiger partial charge in [0.2, 0.25) is 0 Å². The van der Waals surface area contributed by atoms with Crippen molar-refractivity contribution in [2.24, 2.45) is 0 Å². The lowest BCUT2D eigenvalue weighted by Crippen LogP contribution is -2.03. The van der Waals surface area contributed by atoms with Crippen LogP contribution < -0.4 is 5.32 Å². The van der Waals surface area contributed by atoms with E-state index in [9.17, 15) is 14.3 Å². The van der Waals surface area contributed by atoms with Gasteiger partial charge in [-0.05, 0) is 6.42 Å². The summed E-state index contributed by atoms with van der Waals surface area (Å²) in [6, 6.07) is 1.24. The van der Waals surface area contributed by atoms with Crippen LogP contribution in [0, 0.1) is 5.82 Å². The van der Waals surface area contributed by atoms with Gasteiger partial charge in [-0.3, -0.25) is 0 Å². The van der Waals surface area contributed by atoms with Gasteiger partial charge >= 0.3 is 5.97 Å². The van der Waals surface area contributed by atoms with E-state index >= 15 is 0 Å².